The van der Waals surface area contributed by atoms with Crippen LogP contribution in [-0.2, 0) is 6.54 Å². The minimum absolute atomic E-state index is 0.237. The zero-order chi connectivity index (χ0) is 21.5. The number of nitrogens with zero attached hydrogens (tertiary/aromatic N) is 2. The third-order valence-electron chi connectivity index (χ3n) is 5.58. The van der Waals surface area contributed by atoms with E-state index in [4.69, 9.17) is 0 Å². The fourth-order valence-corrected chi connectivity index (χ4v) is 4.69. The van der Waals surface area contributed by atoms with E-state index in [1.54, 1.807) is 12.1 Å². The van der Waals surface area contributed by atoms with Crippen LogP contribution in [0.5, 0.6) is 0 Å². The van der Waals surface area contributed by atoms with Gasteiger partial charge in [-0.25, -0.2) is 4.39 Å². The summed E-state index contributed by atoms with van der Waals surface area (Å²) < 4.78 is 14.4. The average molecular weight is 440 g/mol. The quantitative estimate of drug-likeness (QED) is 0.284. The summed E-state index contributed by atoms with van der Waals surface area (Å²) in [5, 5.41) is 15.8. The Bertz CT molecular complexity index is 1560. The Morgan fingerprint density at radius 3 is 2.72 bits per heavy atom. The number of halogens is 1. The smallest absolute Gasteiger partial charge is 0.206 e. The lowest BCUT2D eigenvalue weighted by Gasteiger charge is -2.03. The van der Waals surface area contributed by atoms with E-state index in [2.05, 4.69) is 49.7 Å². The highest BCUT2D eigenvalue weighted by molar-refractivity contribution is 7.18. The minimum Gasteiger partial charge on any atom is -0.361 e. The summed E-state index contributed by atoms with van der Waals surface area (Å²) in [6, 6.07) is 21.3. The van der Waals surface area contributed by atoms with Crippen LogP contribution in [0.2, 0.25) is 0 Å². The minimum atomic E-state index is -0.237. The van der Waals surface area contributed by atoms with Crippen molar-refractivity contribution in [1.82, 2.24) is 20.2 Å². The molecule has 7 heteroatoms. The Labute approximate surface area is 187 Å². The summed E-state index contributed by atoms with van der Waals surface area (Å²) in [5.74, 6) is -0.237. The van der Waals surface area contributed by atoms with Crippen molar-refractivity contribution in [2.24, 2.45) is 0 Å². The maximum atomic E-state index is 14.4. The lowest BCUT2D eigenvalue weighted by Crippen LogP contribution is -1.98. The molecule has 0 saturated carbocycles. The molecule has 5 nitrogen and oxygen atoms in total. The molecule has 6 rings (SSSR count). The maximum absolute atomic E-state index is 14.4. The third-order valence-corrected chi connectivity index (χ3v) is 6.51. The molecule has 0 unspecified atom stereocenters. The molecule has 6 aromatic rings. The van der Waals surface area contributed by atoms with Crippen molar-refractivity contribution in [1.29, 1.82) is 0 Å². The van der Waals surface area contributed by atoms with Crippen molar-refractivity contribution in [3.05, 3.63) is 90.5 Å². The molecule has 156 valence electrons. The molecular formula is C25H18FN5S. The van der Waals surface area contributed by atoms with Crippen LogP contribution in [0, 0.1) is 5.82 Å². The Morgan fingerprint density at radius 1 is 0.875 bits per heavy atom. The molecule has 0 bridgehead atoms. The average Bonchev–Trinajstić information content (AvgIpc) is 3.56. The van der Waals surface area contributed by atoms with Crippen molar-refractivity contribution in [3.63, 3.8) is 0 Å². The summed E-state index contributed by atoms with van der Waals surface area (Å²) in [7, 11) is 0. The van der Waals surface area contributed by atoms with Gasteiger partial charge in [0, 0.05) is 52.0 Å². The van der Waals surface area contributed by atoms with Gasteiger partial charge in [-0.1, -0.05) is 35.6 Å². The van der Waals surface area contributed by atoms with Gasteiger partial charge in [0.25, 0.3) is 0 Å². The van der Waals surface area contributed by atoms with Gasteiger partial charge in [0.2, 0.25) is 5.13 Å². The second kappa shape index (κ2) is 7.62. The molecule has 0 fully saturated rings. The molecule has 3 aromatic heterocycles. The summed E-state index contributed by atoms with van der Waals surface area (Å²) in [5.41, 5.74) is 5.63. The first-order chi connectivity index (χ1) is 15.7. The van der Waals surface area contributed by atoms with Gasteiger partial charge in [-0.2, -0.15) is 0 Å². The molecule has 0 radical (unpaired) electrons. The van der Waals surface area contributed by atoms with Gasteiger partial charge in [-0.15, -0.1) is 10.2 Å². The van der Waals surface area contributed by atoms with E-state index in [0.29, 0.717) is 12.1 Å². The second-order valence-electron chi connectivity index (χ2n) is 7.61. The van der Waals surface area contributed by atoms with Gasteiger partial charge in [-0.3, -0.25) is 0 Å². The first-order valence-corrected chi connectivity index (χ1v) is 11.1. The van der Waals surface area contributed by atoms with E-state index in [1.165, 1.54) is 28.4 Å². The number of benzene rings is 3. The molecule has 0 aliphatic carbocycles. The van der Waals surface area contributed by atoms with Crippen LogP contribution in [0.1, 0.15) is 5.56 Å². The molecule has 3 heterocycles. The first kappa shape index (κ1) is 18.8. The molecule has 0 atom stereocenters. The highest BCUT2D eigenvalue weighted by atomic mass is 32.1. The number of hydrogen-bond donors (Lipinski definition) is 3. The number of hydrogen-bond acceptors (Lipinski definition) is 4. The van der Waals surface area contributed by atoms with Crippen molar-refractivity contribution in [3.8, 4) is 21.7 Å². The monoisotopic (exact) mass is 439 g/mol. The summed E-state index contributed by atoms with van der Waals surface area (Å²) >= 11 is 1.50. The molecule has 0 aliphatic rings. The maximum Gasteiger partial charge on any atom is 0.206 e. The molecule has 0 saturated heterocycles. The van der Waals surface area contributed by atoms with Crippen LogP contribution in [0.4, 0.5) is 9.52 Å². The van der Waals surface area contributed by atoms with Crippen LogP contribution in [0.15, 0.2) is 79.1 Å². The predicted octanol–water partition coefficient (Wildman–Crippen LogP) is 6.59. The Hall–Kier alpha value is -3.97. The number of aromatic amines is 2. The number of nitrogens with one attached hydrogen (secondary N) is 3. The Balaban J connectivity index is 1.27. The van der Waals surface area contributed by atoms with Gasteiger partial charge in [-0.05, 0) is 53.4 Å². The van der Waals surface area contributed by atoms with Crippen molar-refractivity contribution < 1.29 is 4.39 Å². The number of rotatable bonds is 5. The van der Waals surface area contributed by atoms with Crippen LogP contribution >= 0.6 is 11.3 Å². The van der Waals surface area contributed by atoms with E-state index in [-0.39, 0.29) is 5.82 Å². The fraction of sp³-hybridized carbons (Fsp3) is 0.0400. The second-order valence-corrected chi connectivity index (χ2v) is 8.59. The van der Waals surface area contributed by atoms with Crippen molar-refractivity contribution in [2.45, 2.75) is 6.54 Å². The highest BCUT2D eigenvalue weighted by Gasteiger charge is 2.13. The normalized spacial score (nSPS) is 11.4. The van der Waals surface area contributed by atoms with Crippen LogP contribution < -0.4 is 5.32 Å². The molecule has 0 spiro atoms. The highest BCUT2D eigenvalue weighted by Crippen LogP contribution is 2.34. The molecule has 3 aromatic carbocycles. The molecule has 0 amide bonds. The lowest BCUT2D eigenvalue weighted by atomic mass is 10.0. The zero-order valence-corrected chi connectivity index (χ0v) is 17.7. The standard InChI is InChI=1S/C25H18FN5S/c26-21-4-2-1-3-18(21)20-14-28-23-8-6-17(12-19(20)23)24-30-31-25(32-24)29-13-15-5-7-22-16(11-15)9-10-27-22/h1-12,14,27-28H,13H2,(H,29,31). The van der Waals surface area contributed by atoms with Crippen molar-refractivity contribution >= 4 is 38.3 Å². The van der Waals surface area contributed by atoms with E-state index >= 15 is 0 Å². The van der Waals surface area contributed by atoms with E-state index in [9.17, 15) is 4.39 Å². The van der Waals surface area contributed by atoms with Crippen LogP contribution in [0.3, 0.4) is 0 Å². The van der Waals surface area contributed by atoms with E-state index in [0.717, 1.165) is 37.7 Å². The molecular weight excluding hydrogens is 421 g/mol. The molecule has 32 heavy (non-hydrogen) atoms. The predicted molar refractivity (Wildman–Crippen MR) is 128 cm³/mol. The number of aromatic nitrogens is 4. The Kier molecular flexibility index (Phi) is 4.47. The largest absolute Gasteiger partial charge is 0.361 e. The number of anilines is 1. The van der Waals surface area contributed by atoms with Gasteiger partial charge < -0.3 is 15.3 Å². The lowest BCUT2D eigenvalue weighted by molar-refractivity contribution is 0.631. The Morgan fingerprint density at radius 2 is 1.78 bits per heavy atom. The number of fused-ring (bicyclic) bond motifs is 2. The van der Waals surface area contributed by atoms with Crippen LogP contribution in [-0.4, -0.2) is 20.2 Å². The number of H-pyrrole nitrogens is 2. The van der Waals surface area contributed by atoms with Crippen LogP contribution in [0.25, 0.3) is 43.5 Å². The summed E-state index contributed by atoms with van der Waals surface area (Å²) in [4.78, 5) is 6.44. The topological polar surface area (TPSA) is 69.4 Å². The van der Waals surface area contributed by atoms with Gasteiger partial charge in [0.05, 0.1) is 0 Å². The fourth-order valence-electron chi connectivity index (χ4n) is 3.96. The van der Waals surface area contributed by atoms with Crippen molar-refractivity contribution in [2.75, 3.05) is 5.32 Å². The first-order valence-electron chi connectivity index (χ1n) is 10.2. The van der Waals surface area contributed by atoms with Gasteiger partial charge >= 0.3 is 0 Å². The molecule has 3 N–H and O–H groups in total. The summed E-state index contributed by atoms with van der Waals surface area (Å²) in [6.07, 6.45) is 3.79. The van der Waals surface area contributed by atoms with E-state index in [1.807, 2.05) is 36.7 Å². The third kappa shape index (κ3) is 3.33. The SMILES string of the molecule is Fc1ccccc1-c1c[nH]c2ccc(-c3nnc(NCc4ccc5[nH]ccc5c4)s3)cc12. The summed E-state index contributed by atoms with van der Waals surface area (Å²) in [6.45, 7) is 0.671. The molecule has 0 aliphatic heterocycles. The van der Waals surface area contributed by atoms with Gasteiger partial charge in [0.1, 0.15) is 10.8 Å². The van der Waals surface area contributed by atoms with E-state index < -0.39 is 0 Å². The zero-order valence-electron chi connectivity index (χ0n) is 16.9. The van der Waals surface area contributed by atoms with Gasteiger partial charge in [0.15, 0.2) is 0 Å².